The van der Waals surface area contributed by atoms with Crippen LogP contribution < -0.4 is 5.32 Å². The molecule has 1 aromatic heterocycles. The van der Waals surface area contributed by atoms with Crippen LogP contribution in [0.25, 0.3) is 10.9 Å². The van der Waals surface area contributed by atoms with Gasteiger partial charge in [-0.3, -0.25) is 4.90 Å². The molecule has 0 spiro atoms. The summed E-state index contributed by atoms with van der Waals surface area (Å²) in [5.41, 5.74) is 1.28. The first-order valence-electron chi connectivity index (χ1n) is 7.61. The number of halogens is 3. The van der Waals surface area contributed by atoms with E-state index in [0.717, 1.165) is 49.2 Å². The molecule has 0 aliphatic carbocycles. The second kappa shape index (κ2) is 5.93. The van der Waals surface area contributed by atoms with Crippen LogP contribution in [0.3, 0.4) is 0 Å². The molecule has 3 nitrogen and oxygen atoms in total. The lowest BCUT2D eigenvalue weighted by molar-refractivity contribution is -0.137. The number of fused-ring (bicyclic) bond motifs is 1. The van der Waals surface area contributed by atoms with E-state index < -0.39 is 11.7 Å². The summed E-state index contributed by atoms with van der Waals surface area (Å²) >= 11 is 0. The zero-order valence-corrected chi connectivity index (χ0v) is 12.6. The second-order valence-electron chi connectivity index (χ2n) is 5.70. The lowest BCUT2D eigenvalue weighted by Crippen LogP contribution is -2.42. The molecule has 22 heavy (non-hydrogen) atoms. The van der Waals surface area contributed by atoms with Gasteiger partial charge in [0, 0.05) is 56.4 Å². The van der Waals surface area contributed by atoms with Gasteiger partial charge in [0.25, 0.3) is 0 Å². The van der Waals surface area contributed by atoms with Crippen LogP contribution in [-0.2, 0) is 19.3 Å². The number of hydrogen-bond donors (Lipinski definition) is 1. The molecule has 0 saturated carbocycles. The van der Waals surface area contributed by atoms with Crippen molar-refractivity contribution in [3.63, 3.8) is 0 Å². The van der Waals surface area contributed by atoms with Crippen LogP contribution in [-0.4, -0.2) is 35.6 Å². The maximum Gasteiger partial charge on any atom is 0.416 e. The van der Waals surface area contributed by atoms with Crippen LogP contribution in [0.1, 0.15) is 18.1 Å². The van der Waals surface area contributed by atoms with Crippen molar-refractivity contribution in [1.82, 2.24) is 14.8 Å². The van der Waals surface area contributed by atoms with Gasteiger partial charge < -0.3 is 9.88 Å². The Morgan fingerprint density at radius 1 is 1.18 bits per heavy atom. The summed E-state index contributed by atoms with van der Waals surface area (Å²) in [6.45, 7) is 7.18. The minimum atomic E-state index is -4.30. The van der Waals surface area contributed by atoms with Gasteiger partial charge in [0.2, 0.25) is 0 Å². The van der Waals surface area contributed by atoms with Gasteiger partial charge in [0.1, 0.15) is 0 Å². The SMILES string of the molecule is CCn1cc(CN2CCNCC2)c2cc(C(F)(F)F)ccc21. The maximum absolute atomic E-state index is 13.0. The molecular formula is C16H20F3N3. The van der Waals surface area contributed by atoms with Gasteiger partial charge in [0.15, 0.2) is 0 Å². The zero-order valence-electron chi connectivity index (χ0n) is 12.6. The van der Waals surface area contributed by atoms with Crippen molar-refractivity contribution >= 4 is 10.9 Å². The number of aromatic nitrogens is 1. The largest absolute Gasteiger partial charge is 0.416 e. The van der Waals surface area contributed by atoms with E-state index in [4.69, 9.17) is 0 Å². The number of nitrogens with one attached hydrogen (secondary N) is 1. The third kappa shape index (κ3) is 2.98. The van der Waals surface area contributed by atoms with Crippen molar-refractivity contribution < 1.29 is 13.2 Å². The number of hydrogen-bond acceptors (Lipinski definition) is 2. The molecule has 2 heterocycles. The fraction of sp³-hybridized carbons (Fsp3) is 0.500. The molecule has 1 fully saturated rings. The minimum Gasteiger partial charge on any atom is -0.347 e. The lowest BCUT2D eigenvalue weighted by Gasteiger charge is -2.26. The highest BCUT2D eigenvalue weighted by Crippen LogP contribution is 2.33. The van der Waals surface area contributed by atoms with Gasteiger partial charge in [0.05, 0.1) is 5.56 Å². The topological polar surface area (TPSA) is 20.2 Å². The summed E-state index contributed by atoms with van der Waals surface area (Å²) < 4.78 is 40.9. The molecule has 2 aromatic rings. The molecule has 0 bridgehead atoms. The Bertz CT molecular complexity index is 654. The number of benzene rings is 1. The molecule has 1 aromatic carbocycles. The van der Waals surface area contributed by atoms with E-state index in [2.05, 4.69) is 10.2 Å². The highest BCUT2D eigenvalue weighted by atomic mass is 19.4. The molecule has 0 unspecified atom stereocenters. The molecule has 0 atom stereocenters. The molecule has 1 aliphatic rings. The Morgan fingerprint density at radius 3 is 2.55 bits per heavy atom. The number of piperazine rings is 1. The van der Waals surface area contributed by atoms with Gasteiger partial charge >= 0.3 is 6.18 Å². The van der Waals surface area contributed by atoms with Crippen LogP contribution in [0.2, 0.25) is 0 Å². The summed E-state index contributed by atoms with van der Waals surface area (Å²) in [4.78, 5) is 2.28. The van der Waals surface area contributed by atoms with Crippen molar-refractivity contribution in [1.29, 1.82) is 0 Å². The van der Waals surface area contributed by atoms with Gasteiger partial charge in [-0.1, -0.05) is 0 Å². The van der Waals surface area contributed by atoms with Crippen LogP contribution in [0.4, 0.5) is 13.2 Å². The quantitative estimate of drug-likeness (QED) is 0.940. The predicted molar refractivity (Wildman–Crippen MR) is 80.8 cm³/mol. The van der Waals surface area contributed by atoms with E-state index >= 15 is 0 Å². The van der Waals surface area contributed by atoms with Crippen molar-refractivity contribution in [2.45, 2.75) is 26.2 Å². The number of nitrogens with zero attached hydrogens (tertiary/aromatic N) is 2. The third-order valence-corrected chi connectivity index (χ3v) is 4.24. The lowest BCUT2D eigenvalue weighted by atomic mass is 10.1. The molecule has 6 heteroatoms. The monoisotopic (exact) mass is 311 g/mol. The van der Waals surface area contributed by atoms with Crippen molar-refractivity contribution in [2.24, 2.45) is 0 Å². The molecule has 0 amide bonds. The minimum absolute atomic E-state index is 0.574. The van der Waals surface area contributed by atoms with Crippen molar-refractivity contribution in [3.8, 4) is 0 Å². The smallest absolute Gasteiger partial charge is 0.347 e. The summed E-state index contributed by atoms with van der Waals surface area (Å²) in [7, 11) is 0. The maximum atomic E-state index is 13.0. The van der Waals surface area contributed by atoms with E-state index in [9.17, 15) is 13.2 Å². The molecule has 120 valence electrons. The summed E-state index contributed by atoms with van der Waals surface area (Å²) in [5, 5.41) is 4.01. The summed E-state index contributed by atoms with van der Waals surface area (Å²) in [5.74, 6) is 0. The predicted octanol–water partition coefficient (Wildman–Crippen LogP) is 3.09. The number of rotatable bonds is 3. The van der Waals surface area contributed by atoms with E-state index in [-0.39, 0.29) is 0 Å². The number of alkyl halides is 3. The van der Waals surface area contributed by atoms with Crippen LogP contribution >= 0.6 is 0 Å². The molecule has 1 N–H and O–H groups in total. The average Bonchev–Trinajstić information content (AvgIpc) is 2.85. The fourth-order valence-corrected chi connectivity index (χ4v) is 3.05. The third-order valence-electron chi connectivity index (χ3n) is 4.24. The Labute approximate surface area is 127 Å². The second-order valence-corrected chi connectivity index (χ2v) is 5.70. The van der Waals surface area contributed by atoms with Crippen molar-refractivity contribution in [2.75, 3.05) is 26.2 Å². The molecule has 0 radical (unpaired) electrons. The molecule has 1 saturated heterocycles. The highest BCUT2D eigenvalue weighted by molar-refractivity contribution is 5.84. The Kier molecular flexibility index (Phi) is 4.14. The zero-order chi connectivity index (χ0) is 15.7. The van der Waals surface area contributed by atoms with E-state index in [1.165, 1.54) is 12.1 Å². The Hall–Kier alpha value is -1.53. The highest BCUT2D eigenvalue weighted by Gasteiger charge is 2.31. The first-order valence-corrected chi connectivity index (χ1v) is 7.61. The van der Waals surface area contributed by atoms with Crippen molar-refractivity contribution in [3.05, 3.63) is 35.5 Å². The first kappa shape index (κ1) is 15.4. The molecule has 3 rings (SSSR count). The summed E-state index contributed by atoms with van der Waals surface area (Å²) in [6.07, 6.45) is -2.30. The van der Waals surface area contributed by atoms with Gasteiger partial charge in [-0.2, -0.15) is 13.2 Å². The van der Waals surface area contributed by atoms with E-state index in [1.54, 1.807) is 6.07 Å². The van der Waals surface area contributed by atoms with E-state index in [0.29, 0.717) is 6.54 Å². The normalized spacial score (nSPS) is 17.3. The fourth-order valence-electron chi connectivity index (χ4n) is 3.05. The van der Waals surface area contributed by atoms with Gasteiger partial charge in [-0.25, -0.2) is 0 Å². The average molecular weight is 311 g/mol. The standard InChI is InChI=1S/C16H20F3N3/c1-2-22-11-12(10-21-7-5-20-6-8-21)14-9-13(16(17,18)19)3-4-15(14)22/h3-4,9,11,20H,2,5-8,10H2,1H3. The molecular weight excluding hydrogens is 291 g/mol. The molecule has 1 aliphatic heterocycles. The van der Waals surface area contributed by atoms with Gasteiger partial charge in [-0.05, 0) is 30.7 Å². The number of aryl methyl sites for hydroxylation is 1. The Balaban J connectivity index is 2.00. The first-order chi connectivity index (χ1) is 10.5. The van der Waals surface area contributed by atoms with E-state index in [1.807, 2.05) is 17.7 Å². The Morgan fingerprint density at radius 2 is 1.91 bits per heavy atom. The van der Waals surface area contributed by atoms with Gasteiger partial charge in [-0.15, -0.1) is 0 Å². The van der Waals surface area contributed by atoms with Crippen LogP contribution in [0.15, 0.2) is 24.4 Å². The van der Waals surface area contributed by atoms with Crippen LogP contribution in [0.5, 0.6) is 0 Å². The van der Waals surface area contributed by atoms with Crippen LogP contribution in [0, 0.1) is 0 Å². The summed E-state index contributed by atoms with van der Waals surface area (Å²) in [6, 6.07) is 4.05.